The molecular weight excluding hydrogens is 240 g/mol. The van der Waals surface area contributed by atoms with Gasteiger partial charge in [0, 0.05) is 37.6 Å². The monoisotopic (exact) mass is 264 g/mol. The highest BCUT2D eigenvalue weighted by atomic mass is 16.1. The summed E-state index contributed by atoms with van der Waals surface area (Å²) in [6.45, 7) is 5.48. The highest BCUT2D eigenvalue weighted by Crippen LogP contribution is 2.19. The largest absolute Gasteiger partial charge is 0.348 e. The minimum absolute atomic E-state index is 0.00199. The molecule has 1 saturated heterocycles. The Hall–Kier alpha value is -1.36. The molecule has 0 amide bonds. The normalized spacial score (nSPS) is 20.6. The minimum atomic E-state index is -0.00199. The van der Waals surface area contributed by atoms with Gasteiger partial charge in [-0.05, 0) is 26.7 Å². The molecule has 1 aromatic heterocycles. The summed E-state index contributed by atoms with van der Waals surface area (Å²) in [7, 11) is 0. The van der Waals surface area contributed by atoms with Crippen LogP contribution in [-0.4, -0.2) is 28.7 Å². The fourth-order valence-corrected chi connectivity index (χ4v) is 2.72. The summed E-state index contributed by atoms with van der Waals surface area (Å²) in [6.07, 6.45) is 8.02. The summed E-state index contributed by atoms with van der Waals surface area (Å²) in [5.74, 6) is 0.563. The zero-order valence-electron chi connectivity index (χ0n) is 11.9. The van der Waals surface area contributed by atoms with Crippen molar-refractivity contribution in [3.05, 3.63) is 22.7 Å². The number of hydrogen-bond donors (Lipinski definition) is 1. The first-order valence-electron chi connectivity index (χ1n) is 7.19. The summed E-state index contributed by atoms with van der Waals surface area (Å²) in [4.78, 5) is 18.9. The van der Waals surface area contributed by atoms with Gasteiger partial charge >= 0.3 is 0 Å². The van der Waals surface area contributed by atoms with E-state index in [1.807, 2.05) is 13.8 Å². The average Bonchev–Trinajstić information content (AvgIpc) is 2.63. The lowest BCUT2D eigenvalue weighted by atomic mass is 10.1. The third kappa shape index (κ3) is 2.97. The van der Waals surface area contributed by atoms with Gasteiger partial charge in [-0.3, -0.25) is 4.79 Å². The second-order valence-electron chi connectivity index (χ2n) is 5.49. The lowest BCUT2D eigenvalue weighted by molar-refractivity contribution is 0.548. The summed E-state index contributed by atoms with van der Waals surface area (Å²) < 4.78 is 1.74. The van der Waals surface area contributed by atoms with Crippen LogP contribution in [0.15, 0.2) is 17.2 Å². The lowest BCUT2D eigenvalue weighted by Crippen LogP contribution is -2.44. The predicted octanol–water partition coefficient (Wildman–Crippen LogP) is 1.53. The molecule has 2 N–H and O–H groups in total. The van der Waals surface area contributed by atoms with E-state index in [0.29, 0.717) is 12.4 Å². The maximum atomic E-state index is 12.5. The van der Waals surface area contributed by atoms with Gasteiger partial charge in [-0.25, -0.2) is 4.98 Å². The molecule has 1 atom stereocenters. The number of hydrogen-bond acceptors (Lipinski definition) is 4. The van der Waals surface area contributed by atoms with E-state index in [1.165, 1.54) is 12.8 Å². The van der Waals surface area contributed by atoms with Gasteiger partial charge in [0.15, 0.2) is 5.82 Å². The molecule has 19 heavy (non-hydrogen) atoms. The standard InChI is InChI=1S/C14H24N4O/c1-11(2)17-9-7-16-13(14(17)19)18-8-5-3-4-6-12(18)10-15/h7,9,11-12H,3-6,8,10,15H2,1-2H3. The first-order chi connectivity index (χ1) is 9.15. The summed E-state index contributed by atoms with van der Waals surface area (Å²) >= 11 is 0. The van der Waals surface area contributed by atoms with Crippen LogP contribution < -0.4 is 16.2 Å². The quantitative estimate of drug-likeness (QED) is 0.899. The molecule has 0 aliphatic carbocycles. The van der Waals surface area contributed by atoms with Crippen molar-refractivity contribution in [2.45, 2.75) is 51.6 Å². The molecule has 1 unspecified atom stereocenters. The van der Waals surface area contributed by atoms with Gasteiger partial charge in [-0.1, -0.05) is 12.8 Å². The van der Waals surface area contributed by atoms with E-state index in [0.717, 1.165) is 19.4 Å². The van der Waals surface area contributed by atoms with Crippen LogP contribution >= 0.6 is 0 Å². The second kappa shape index (κ2) is 6.19. The molecule has 2 rings (SSSR count). The van der Waals surface area contributed by atoms with Gasteiger partial charge in [0.25, 0.3) is 5.56 Å². The fourth-order valence-electron chi connectivity index (χ4n) is 2.72. The Morgan fingerprint density at radius 1 is 1.42 bits per heavy atom. The Morgan fingerprint density at radius 3 is 2.89 bits per heavy atom. The van der Waals surface area contributed by atoms with Crippen LogP contribution in [0.3, 0.4) is 0 Å². The Balaban J connectivity index is 2.38. The highest BCUT2D eigenvalue weighted by Gasteiger charge is 2.23. The van der Waals surface area contributed by atoms with Crippen molar-refractivity contribution >= 4 is 5.82 Å². The van der Waals surface area contributed by atoms with Crippen LogP contribution in [0.25, 0.3) is 0 Å². The van der Waals surface area contributed by atoms with Crippen LogP contribution in [0.5, 0.6) is 0 Å². The van der Waals surface area contributed by atoms with Gasteiger partial charge < -0.3 is 15.2 Å². The van der Waals surface area contributed by atoms with E-state index < -0.39 is 0 Å². The van der Waals surface area contributed by atoms with Gasteiger partial charge in [-0.15, -0.1) is 0 Å². The zero-order valence-corrected chi connectivity index (χ0v) is 11.9. The number of nitrogens with zero attached hydrogens (tertiary/aromatic N) is 3. The van der Waals surface area contributed by atoms with E-state index in [2.05, 4.69) is 9.88 Å². The van der Waals surface area contributed by atoms with Crippen LogP contribution in [0.2, 0.25) is 0 Å². The van der Waals surface area contributed by atoms with Crippen LogP contribution in [0.1, 0.15) is 45.6 Å². The smallest absolute Gasteiger partial charge is 0.293 e. The molecule has 0 aromatic carbocycles. The van der Waals surface area contributed by atoms with Crippen molar-refractivity contribution in [3.8, 4) is 0 Å². The zero-order chi connectivity index (χ0) is 13.8. The molecule has 0 bridgehead atoms. The SMILES string of the molecule is CC(C)n1ccnc(N2CCCCCC2CN)c1=O. The molecule has 0 radical (unpaired) electrons. The highest BCUT2D eigenvalue weighted by molar-refractivity contribution is 5.37. The summed E-state index contributed by atoms with van der Waals surface area (Å²) in [6, 6.07) is 0.392. The summed E-state index contributed by atoms with van der Waals surface area (Å²) in [5.41, 5.74) is 5.87. The molecule has 0 saturated carbocycles. The first-order valence-corrected chi connectivity index (χ1v) is 7.19. The Labute approximate surface area is 114 Å². The van der Waals surface area contributed by atoms with Gasteiger partial charge in [0.2, 0.25) is 0 Å². The topological polar surface area (TPSA) is 64.2 Å². The second-order valence-corrected chi connectivity index (χ2v) is 5.49. The van der Waals surface area contributed by atoms with Gasteiger partial charge in [0.1, 0.15) is 0 Å². The van der Waals surface area contributed by atoms with Crippen molar-refractivity contribution in [1.29, 1.82) is 0 Å². The van der Waals surface area contributed by atoms with Crippen molar-refractivity contribution in [3.63, 3.8) is 0 Å². The minimum Gasteiger partial charge on any atom is -0.348 e. The lowest BCUT2D eigenvalue weighted by Gasteiger charge is -2.30. The maximum Gasteiger partial charge on any atom is 0.293 e. The molecule has 5 nitrogen and oxygen atoms in total. The Kier molecular flexibility index (Phi) is 4.58. The number of nitrogens with two attached hydrogens (primary N) is 1. The number of rotatable bonds is 3. The molecule has 0 spiro atoms. The van der Waals surface area contributed by atoms with Crippen molar-refractivity contribution < 1.29 is 0 Å². The van der Waals surface area contributed by atoms with Crippen LogP contribution in [0.4, 0.5) is 5.82 Å². The molecule has 1 aliphatic rings. The third-order valence-electron chi connectivity index (χ3n) is 3.83. The van der Waals surface area contributed by atoms with E-state index in [-0.39, 0.29) is 17.6 Å². The fraction of sp³-hybridized carbons (Fsp3) is 0.714. The van der Waals surface area contributed by atoms with Crippen molar-refractivity contribution in [2.75, 3.05) is 18.0 Å². The molecule has 1 aliphatic heterocycles. The van der Waals surface area contributed by atoms with Gasteiger partial charge in [0.05, 0.1) is 0 Å². The Bertz CT molecular complexity index is 469. The number of aromatic nitrogens is 2. The predicted molar refractivity (Wildman–Crippen MR) is 77.5 cm³/mol. The molecular formula is C14H24N4O. The number of anilines is 1. The first kappa shape index (κ1) is 14.1. The molecule has 1 fully saturated rings. The maximum absolute atomic E-state index is 12.5. The van der Waals surface area contributed by atoms with E-state index in [1.54, 1.807) is 17.0 Å². The van der Waals surface area contributed by atoms with Gasteiger partial charge in [-0.2, -0.15) is 0 Å². The van der Waals surface area contributed by atoms with Crippen molar-refractivity contribution in [2.24, 2.45) is 5.73 Å². The summed E-state index contributed by atoms with van der Waals surface area (Å²) in [5, 5.41) is 0. The molecule has 2 heterocycles. The Morgan fingerprint density at radius 2 is 2.21 bits per heavy atom. The van der Waals surface area contributed by atoms with Crippen LogP contribution in [-0.2, 0) is 0 Å². The van der Waals surface area contributed by atoms with E-state index in [9.17, 15) is 4.79 Å². The van der Waals surface area contributed by atoms with E-state index >= 15 is 0 Å². The molecule has 5 heteroatoms. The average molecular weight is 264 g/mol. The van der Waals surface area contributed by atoms with Crippen LogP contribution in [0, 0.1) is 0 Å². The van der Waals surface area contributed by atoms with E-state index in [4.69, 9.17) is 5.73 Å². The third-order valence-corrected chi connectivity index (χ3v) is 3.83. The van der Waals surface area contributed by atoms with Crippen molar-refractivity contribution in [1.82, 2.24) is 9.55 Å². The molecule has 1 aromatic rings. The molecule has 106 valence electrons.